The van der Waals surface area contributed by atoms with Crippen molar-refractivity contribution in [3.8, 4) is 5.75 Å². The van der Waals surface area contributed by atoms with Gasteiger partial charge in [-0.15, -0.1) is 0 Å². The van der Waals surface area contributed by atoms with Crippen LogP contribution < -0.4 is 15.0 Å². The van der Waals surface area contributed by atoms with Crippen molar-refractivity contribution >= 4 is 29.4 Å². The van der Waals surface area contributed by atoms with Crippen molar-refractivity contribution in [1.82, 2.24) is 5.32 Å². The summed E-state index contributed by atoms with van der Waals surface area (Å²) in [6.07, 6.45) is 0.242. The normalized spacial score (nSPS) is 25.6. The maximum Gasteiger partial charge on any atom is 0.355 e. The summed E-state index contributed by atoms with van der Waals surface area (Å²) in [5, 5.41) is 2.98. The van der Waals surface area contributed by atoms with Gasteiger partial charge in [0.25, 0.3) is 0 Å². The topological polar surface area (TPSA) is 116 Å². The smallest absolute Gasteiger partial charge is 0.355 e. The van der Waals surface area contributed by atoms with Gasteiger partial charge in [0.2, 0.25) is 0 Å². The van der Waals surface area contributed by atoms with E-state index in [4.69, 9.17) is 18.9 Å². The number of likely N-dealkylation sites (N-methyl/N-ethyl adjacent to an activating group) is 1. The third-order valence-corrected chi connectivity index (χ3v) is 6.20. The Morgan fingerprint density at radius 2 is 1.81 bits per heavy atom. The second-order valence-electron chi connectivity index (χ2n) is 7.49. The first-order valence-corrected chi connectivity index (χ1v) is 9.59. The van der Waals surface area contributed by atoms with E-state index >= 15 is 0 Å². The quantitative estimate of drug-likeness (QED) is 0.533. The van der Waals surface area contributed by atoms with Gasteiger partial charge in [0, 0.05) is 12.7 Å². The molecule has 3 heterocycles. The molecule has 3 aliphatic rings. The minimum absolute atomic E-state index is 0.0640. The number of benzene rings is 1. The fourth-order valence-electron chi connectivity index (χ4n) is 4.89. The molecule has 0 saturated carbocycles. The van der Waals surface area contributed by atoms with E-state index in [1.807, 2.05) is 30.1 Å². The standard InChI is InChI=1S/C21H23N3O7/c1-24-13-7-6-10(28-2)8-11(13)21-9-12(17(25)29-3)22-20(21)23-15(19(27)31-5)14(16(21)24)18(26)30-4/h6-8,12,16H,9H2,1-5H3,(H,22,23)/t12?,16?,21-/m0/s1. The van der Waals surface area contributed by atoms with Crippen molar-refractivity contribution in [3.63, 3.8) is 0 Å². The number of hydrogen-bond acceptors (Lipinski definition) is 10. The highest BCUT2D eigenvalue weighted by Crippen LogP contribution is 2.55. The fraction of sp³-hybridized carbons (Fsp3) is 0.429. The number of carbonyl (C=O) groups excluding carboxylic acids is 3. The van der Waals surface area contributed by atoms with Gasteiger partial charge >= 0.3 is 17.9 Å². The number of aliphatic imine (C=N–C) groups is 1. The van der Waals surface area contributed by atoms with E-state index in [0.29, 0.717) is 11.6 Å². The first-order chi connectivity index (χ1) is 14.8. The minimum atomic E-state index is -0.918. The molecule has 1 aromatic rings. The molecule has 0 saturated heterocycles. The highest BCUT2D eigenvalue weighted by Gasteiger charge is 2.63. The van der Waals surface area contributed by atoms with E-state index in [2.05, 4.69) is 10.3 Å². The number of fused-ring (bicyclic) bond motifs is 1. The van der Waals surface area contributed by atoms with Gasteiger partial charge in [-0.3, -0.25) is 4.99 Å². The molecule has 0 amide bonds. The Balaban J connectivity index is 2.01. The van der Waals surface area contributed by atoms with E-state index in [-0.39, 0.29) is 17.7 Å². The number of ether oxygens (including phenoxy) is 4. The van der Waals surface area contributed by atoms with Crippen molar-refractivity contribution in [1.29, 1.82) is 0 Å². The lowest BCUT2D eigenvalue weighted by Crippen LogP contribution is -2.59. The highest BCUT2D eigenvalue weighted by molar-refractivity contribution is 6.14. The Kier molecular flexibility index (Phi) is 4.87. The average Bonchev–Trinajstić information content (AvgIpc) is 3.30. The lowest BCUT2D eigenvalue weighted by Gasteiger charge is -2.41. The molecule has 10 nitrogen and oxygen atoms in total. The zero-order chi connectivity index (χ0) is 22.5. The van der Waals surface area contributed by atoms with Crippen LogP contribution in [0.25, 0.3) is 0 Å². The number of methoxy groups -OCH3 is 4. The molecule has 31 heavy (non-hydrogen) atoms. The summed E-state index contributed by atoms with van der Waals surface area (Å²) in [5.74, 6) is -0.912. The number of carbonyl (C=O) groups is 3. The average molecular weight is 429 g/mol. The van der Waals surface area contributed by atoms with Crippen LogP contribution in [-0.2, 0) is 34.0 Å². The van der Waals surface area contributed by atoms with Gasteiger partial charge in [-0.05, 0) is 30.2 Å². The number of rotatable bonds is 4. The Morgan fingerprint density at radius 3 is 2.42 bits per heavy atom. The van der Waals surface area contributed by atoms with Crippen LogP contribution >= 0.6 is 0 Å². The molecule has 0 radical (unpaired) electrons. The van der Waals surface area contributed by atoms with Crippen LogP contribution in [0.3, 0.4) is 0 Å². The van der Waals surface area contributed by atoms with Crippen LogP contribution in [0.4, 0.5) is 5.69 Å². The second kappa shape index (κ2) is 7.29. The zero-order valence-corrected chi connectivity index (χ0v) is 17.8. The third kappa shape index (κ3) is 2.70. The molecule has 1 N–H and O–H groups in total. The van der Waals surface area contributed by atoms with Crippen LogP contribution in [0.1, 0.15) is 12.0 Å². The number of anilines is 1. The van der Waals surface area contributed by atoms with Gasteiger partial charge in [-0.1, -0.05) is 0 Å². The molecule has 10 heteroatoms. The molecule has 1 aromatic carbocycles. The van der Waals surface area contributed by atoms with Crippen molar-refractivity contribution in [2.24, 2.45) is 4.99 Å². The largest absolute Gasteiger partial charge is 0.497 e. The SMILES string of the molecule is COC(=O)C1=C(C(=O)OC)C2N(C)c3ccc(OC)cc3[C@@]23CC(C(=O)OC)N=C3N1. The summed E-state index contributed by atoms with van der Waals surface area (Å²) in [6.45, 7) is 0. The summed E-state index contributed by atoms with van der Waals surface area (Å²) < 4.78 is 20.3. The summed E-state index contributed by atoms with van der Waals surface area (Å²) in [6, 6.07) is 4.07. The molecule has 0 bridgehead atoms. The van der Waals surface area contributed by atoms with Gasteiger partial charge in [0.1, 0.15) is 17.3 Å². The molecule has 2 unspecified atom stereocenters. The Labute approximate surface area is 178 Å². The van der Waals surface area contributed by atoms with Gasteiger partial charge in [0.05, 0.1) is 45.5 Å². The van der Waals surface area contributed by atoms with E-state index in [1.54, 1.807) is 7.11 Å². The summed E-state index contributed by atoms with van der Waals surface area (Å²) >= 11 is 0. The van der Waals surface area contributed by atoms with Crippen molar-refractivity contribution in [2.45, 2.75) is 23.9 Å². The van der Waals surface area contributed by atoms with Crippen molar-refractivity contribution < 1.29 is 33.3 Å². The molecule has 0 aromatic heterocycles. The Hall–Kier alpha value is -3.56. The summed E-state index contributed by atoms with van der Waals surface area (Å²) in [7, 11) is 7.14. The van der Waals surface area contributed by atoms with E-state index in [9.17, 15) is 14.4 Å². The third-order valence-electron chi connectivity index (χ3n) is 6.20. The number of esters is 3. The van der Waals surface area contributed by atoms with Gasteiger partial charge in [-0.25, -0.2) is 14.4 Å². The number of amidine groups is 1. The lowest BCUT2D eigenvalue weighted by atomic mass is 9.68. The van der Waals surface area contributed by atoms with Crippen LogP contribution in [0, 0.1) is 0 Å². The predicted molar refractivity (Wildman–Crippen MR) is 109 cm³/mol. The Bertz CT molecular complexity index is 1050. The number of nitrogens with zero attached hydrogens (tertiary/aromatic N) is 2. The monoisotopic (exact) mass is 429 g/mol. The van der Waals surface area contributed by atoms with Crippen LogP contribution in [0.5, 0.6) is 5.75 Å². The number of nitrogens with one attached hydrogen (secondary N) is 1. The van der Waals surface area contributed by atoms with Crippen LogP contribution in [0.2, 0.25) is 0 Å². The first-order valence-electron chi connectivity index (χ1n) is 9.59. The molecular weight excluding hydrogens is 406 g/mol. The number of hydrogen-bond donors (Lipinski definition) is 1. The zero-order valence-electron chi connectivity index (χ0n) is 17.8. The molecule has 4 rings (SSSR count). The molecule has 3 aliphatic heterocycles. The molecule has 3 atom stereocenters. The van der Waals surface area contributed by atoms with E-state index in [0.717, 1.165) is 11.3 Å². The molecule has 0 aliphatic carbocycles. The summed E-state index contributed by atoms with van der Waals surface area (Å²) in [4.78, 5) is 44.4. The maximum atomic E-state index is 12.9. The highest BCUT2D eigenvalue weighted by atomic mass is 16.5. The van der Waals surface area contributed by atoms with Gasteiger partial charge < -0.3 is 29.2 Å². The minimum Gasteiger partial charge on any atom is -0.497 e. The molecular formula is C21H23N3O7. The molecule has 0 fully saturated rings. The van der Waals surface area contributed by atoms with E-state index in [1.165, 1.54) is 21.3 Å². The first kappa shape index (κ1) is 20.7. The van der Waals surface area contributed by atoms with E-state index < -0.39 is 35.4 Å². The lowest BCUT2D eigenvalue weighted by molar-refractivity contribution is -0.142. The van der Waals surface area contributed by atoms with Crippen molar-refractivity contribution in [3.05, 3.63) is 35.0 Å². The van der Waals surface area contributed by atoms with Gasteiger partial charge in [0.15, 0.2) is 6.04 Å². The summed E-state index contributed by atoms with van der Waals surface area (Å²) in [5.41, 5.74) is 0.765. The predicted octanol–water partition coefficient (Wildman–Crippen LogP) is 0.299. The fourth-order valence-corrected chi connectivity index (χ4v) is 4.89. The van der Waals surface area contributed by atoms with Crippen molar-refractivity contribution in [2.75, 3.05) is 40.4 Å². The molecule has 1 spiro atoms. The second-order valence-corrected chi connectivity index (χ2v) is 7.49. The van der Waals surface area contributed by atoms with Crippen LogP contribution in [0.15, 0.2) is 34.5 Å². The van der Waals surface area contributed by atoms with Crippen LogP contribution in [-0.4, -0.2) is 71.3 Å². The Morgan fingerprint density at radius 1 is 1.10 bits per heavy atom. The van der Waals surface area contributed by atoms with Gasteiger partial charge in [-0.2, -0.15) is 0 Å². The molecule has 164 valence electrons. The maximum absolute atomic E-state index is 12.9.